The lowest BCUT2D eigenvalue weighted by Gasteiger charge is -2.29. The second kappa shape index (κ2) is 14.1. The van der Waals surface area contributed by atoms with Crippen LogP contribution in [0.3, 0.4) is 0 Å². The lowest BCUT2D eigenvalue weighted by Crippen LogP contribution is -2.11. The Kier molecular flexibility index (Phi) is 7.91. The molecule has 0 aliphatic heterocycles. The van der Waals surface area contributed by atoms with Gasteiger partial charge in [-0.1, -0.05) is 164 Å². The van der Waals surface area contributed by atoms with E-state index in [1.807, 2.05) is 12.1 Å². The number of benzene rings is 11. The molecular formula is C60H37NO2. The summed E-state index contributed by atoms with van der Waals surface area (Å²) in [4.78, 5) is 2.44. The van der Waals surface area contributed by atoms with Crippen molar-refractivity contribution in [3.63, 3.8) is 0 Å². The van der Waals surface area contributed by atoms with Crippen molar-refractivity contribution in [1.29, 1.82) is 0 Å². The number of rotatable bonds is 6. The van der Waals surface area contributed by atoms with Crippen LogP contribution in [0.15, 0.2) is 233 Å². The second-order valence-electron chi connectivity index (χ2n) is 16.4. The van der Waals surface area contributed by atoms with Crippen LogP contribution in [-0.4, -0.2) is 0 Å². The highest BCUT2D eigenvalue weighted by Crippen LogP contribution is 2.49. The van der Waals surface area contributed by atoms with Crippen LogP contribution < -0.4 is 4.90 Å². The Hall–Kier alpha value is -8.40. The predicted octanol–water partition coefficient (Wildman–Crippen LogP) is 17.4. The molecule has 0 saturated carbocycles. The van der Waals surface area contributed by atoms with Gasteiger partial charge < -0.3 is 13.7 Å². The van der Waals surface area contributed by atoms with Crippen LogP contribution in [-0.2, 0) is 0 Å². The molecular weight excluding hydrogens is 767 g/mol. The summed E-state index contributed by atoms with van der Waals surface area (Å²) in [7, 11) is 0. The van der Waals surface area contributed by atoms with Gasteiger partial charge in [-0.2, -0.15) is 0 Å². The average Bonchev–Trinajstić information content (AvgIpc) is 3.93. The van der Waals surface area contributed by atoms with E-state index < -0.39 is 0 Å². The Labute approximate surface area is 363 Å². The van der Waals surface area contributed by atoms with Crippen molar-refractivity contribution in [2.24, 2.45) is 0 Å². The van der Waals surface area contributed by atoms with Crippen LogP contribution in [0.5, 0.6) is 0 Å². The Morgan fingerprint density at radius 1 is 0.286 bits per heavy atom. The van der Waals surface area contributed by atoms with Crippen LogP contribution in [0.25, 0.3) is 110 Å². The molecule has 0 amide bonds. The zero-order valence-electron chi connectivity index (χ0n) is 34.1. The molecule has 0 radical (unpaired) electrons. The summed E-state index contributed by atoms with van der Waals surface area (Å²) in [5, 5.41) is 11.7. The van der Waals surface area contributed by atoms with Gasteiger partial charge in [0.25, 0.3) is 0 Å². The minimum absolute atomic E-state index is 0.848. The highest BCUT2D eigenvalue weighted by atomic mass is 16.3. The van der Waals surface area contributed by atoms with Crippen molar-refractivity contribution >= 4 is 93.3 Å². The topological polar surface area (TPSA) is 29.5 Å². The second-order valence-corrected chi connectivity index (χ2v) is 16.4. The molecule has 11 aromatic carbocycles. The van der Waals surface area contributed by atoms with Crippen LogP contribution >= 0.6 is 0 Å². The fourth-order valence-electron chi connectivity index (χ4n) is 9.89. The first-order valence-electron chi connectivity index (χ1n) is 21.5. The number of para-hydroxylation sites is 2. The lowest BCUT2D eigenvalue weighted by atomic mass is 9.95. The van der Waals surface area contributed by atoms with Gasteiger partial charge >= 0.3 is 0 Å². The molecule has 2 heterocycles. The molecule has 0 spiro atoms. The van der Waals surface area contributed by atoms with Gasteiger partial charge in [-0.05, 0) is 115 Å². The quantitative estimate of drug-likeness (QED) is 0.157. The van der Waals surface area contributed by atoms with Crippen LogP contribution in [0.2, 0.25) is 0 Å². The third-order valence-corrected chi connectivity index (χ3v) is 12.8. The molecule has 0 N–H and O–H groups in total. The summed E-state index contributed by atoms with van der Waals surface area (Å²) >= 11 is 0. The predicted molar refractivity (Wildman–Crippen MR) is 265 cm³/mol. The molecule has 0 fully saturated rings. The fraction of sp³-hybridized carbons (Fsp3) is 0. The van der Waals surface area contributed by atoms with Crippen molar-refractivity contribution in [2.45, 2.75) is 0 Å². The van der Waals surface area contributed by atoms with Crippen LogP contribution in [0, 0.1) is 0 Å². The van der Waals surface area contributed by atoms with Gasteiger partial charge in [0.15, 0.2) is 0 Å². The van der Waals surface area contributed by atoms with E-state index in [9.17, 15) is 0 Å². The summed E-state index contributed by atoms with van der Waals surface area (Å²) in [6.07, 6.45) is 0. The molecule has 0 aliphatic rings. The van der Waals surface area contributed by atoms with Crippen molar-refractivity contribution in [3.05, 3.63) is 224 Å². The van der Waals surface area contributed by atoms with E-state index in [0.29, 0.717) is 0 Å². The smallest absolute Gasteiger partial charge is 0.145 e. The number of furan rings is 2. The summed E-state index contributed by atoms with van der Waals surface area (Å²) in [5.74, 6) is 0. The van der Waals surface area contributed by atoms with E-state index in [1.165, 1.54) is 43.4 Å². The van der Waals surface area contributed by atoms with Gasteiger partial charge in [0.2, 0.25) is 0 Å². The number of nitrogens with zero attached hydrogens (tertiary/aromatic N) is 1. The first-order valence-corrected chi connectivity index (χ1v) is 21.5. The summed E-state index contributed by atoms with van der Waals surface area (Å²) < 4.78 is 13.3. The molecule has 13 aromatic rings. The highest BCUT2D eigenvalue weighted by molar-refractivity contribution is 6.20. The average molecular weight is 804 g/mol. The third-order valence-electron chi connectivity index (χ3n) is 12.8. The normalized spacial score (nSPS) is 11.8. The van der Waals surface area contributed by atoms with Crippen LogP contribution in [0.4, 0.5) is 17.1 Å². The van der Waals surface area contributed by atoms with Gasteiger partial charge in [-0.25, -0.2) is 0 Å². The number of anilines is 3. The van der Waals surface area contributed by atoms with E-state index in [4.69, 9.17) is 8.83 Å². The summed E-state index contributed by atoms with van der Waals surface area (Å²) in [5.41, 5.74) is 13.4. The van der Waals surface area contributed by atoms with Gasteiger partial charge in [-0.15, -0.1) is 0 Å². The molecule has 63 heavy (non-hydrogen) atoms. The largest absolute Gasteiger partial charge is 0.456 e. The zero-order chi connectivity index (χ0) is 41.4. The summed E-state index contributed by atoms with van der Waals surface area (Å²) in [6.45, 7) is 0. The van der Waals surface area contributed by atoms with E-state index in [-0.39, 0.29) is 0 Å². The van der Waals surface area contributed by atoms with E-state index in [1.54, 1.807) is 0 Å². The maximum absolute atomic E-state index is 6.97. The number of fused-ring (bicyclic) bond motifs is 10. The zero-order valence-corrected chi connectivity index (χ0v) is 34.1. The summed E-state index contributed by atoms with van der Waals surface area (Å²) in [6, 6.07) is 80.6. The minimum atomic E-state index is 0.848. The molecule has 0 atom stereocenters. The SMILES string of the molecule is c1cc(-c2ccc3c(c2)oc2ccccc23)cc(-c2ccc(N(c3ccc(-c4cccc5ccccc45)cc3)c3cc4ccccc4c4ccccc34)c3c2oc2ccccc23)c1. The molecule has 294 valence electrons. The van der Waals surface area contributed by atoms with Crippen molar-refractivity contribution in [2.75, 3.05) is 4.90 Å². The highest BCUT2D eigenvalue weighted by Gasteiger charge is 2.24. The molecule has 3 heteroatoms. The Morgan fingerprint density at radius 3 is 1.73 bits per heavy atom. The third kappa shape index (κ3) is 5.67. The van der Waals surface area contributed by atoms with Crippen molar-refractivity contribution in [3.8, 4) is 33.4 Å². The molecule has 13 rings (SSSR count). The van der Waals surface area contributed by atoms with Crippen molar-refractivity contribution in [1.82, 2.24) is 0 Å². The van der Waals surface area contributed by atoms with E-state index >= 15 is 0 Å². The Morgan fingerprint density at radius 2 is 0.889 bits per heavy atom. The van der Waals surface area contributed by atoms with Gasteiger partial charge in [-0.3, -0.25) is 0 Å². The van der Waals surface area contributed by atoms with Crippen molar-refractivity contribution < 1.29 is 8.83 Å². The first-order chi connectivity index (χ1) is 31.2. The van der Waals surface area contributed by atoms with E-state index in [2.05, 4.69) is 217 Å². The van der Waals surface area contributed by atoms with Gasteiger partial charge in [0, 0.05) is 32.8 Å². The molecule has 0 aliphatic carbocycles. The number of hydrogen-bond donors (Lipinski definition) is 0. The maximum atomic E-state index is 6.97. The first kappa shape index (κ1) is 35.4. The molecule has 3 nitrogen and oxygen atoms in total. The van der Waals surface area contributed by atoms with E-state index in [0.717, 1.165) is 83.2 Å². The monoisotopic (exact) mass is 803 g/mol. The Balaban J connectivity index is 1.03. The van der Waals surface area contributed by atoms with Gasteiger partial charge in [0.1, 0.15) is 22.3 Å². The molecule has 0 unspecified atom stereocenters. The number of hydrogen-bond acceptors (Lipinski definition) is 3. The minimum Gasteiger partial charge on any atom is -0.456 e. The van der Waals surface area contributed by atoms with Gasteiger partial charge in [0.05, 0.1) is 16.8 Å². The lowest BCUT2D eigenvalue weighted by molar-refractivity contribution is 0.669. The molecule has 0 bridgehead atoms. The maximum Gasteiger partial charge on any atom is 0.145 e. The molecule has 2 aromatic heterocycles. The molecule has 0 saturated heterocycles. The standard InChI is InChI=1S/C60H37NO2/c1-3-18-45-38(13-1)15-12-24-46(45)39-27-30-44(31-28-39)61(55-36-43-14-2-4-19-47(43)49-20-5-6-21-50(49)55)54-34-33-48(60-59(54)53-23-8-10-26-57(53)63-60)42-17-11-16-40(35-42)41-29-32-52-51-22-7-9-25-56(51)62-58(52)37-41/h1-37H. The Bertz CT molecular complexity index is 3920. The fourth-order valence-corrected chi connectivity index (χ4v) is 9.89. The van der Waals surface area contributed by atoms with Crippen LogP contribution in [0.1, 0.15) is 0 Å².